The maximum absolute atomic E-state index is 10.6. The van der Waals surface area contributed by atoms with Gasteiger partial charge in [-0.2, -0.15) is 0 Å². The Bertz CT molecular complexity index is 511. The van der Waals surface area contributed by atoms with Crippen molar-refractivity contribution in [2.24, 2.45) is 0 Å². The fraction of sp³-hybridized carbons (Fsp3) is 0.826. The maximum atomic E-state index is 10.6. The Labute approximate surface area is 178 Å². The topological polar surface area (TPSA) is 70.4 Å². The maximum Gasteiger partial charge on any atom is 0.217 e. The monoisotopic (exact) mass is 406 g/mol. The van der Waals surface area contributed by atoms with Crippen LogP contribution in [-0.2, 0) is 4.79 Å². The molecule has 0 aromatic rings. The summed E-state index contributed by atoms with van der Waals surface area (Å²) in [6, 6.07) is 3.05. The highest BCUT2D eigenvalue weighted by molar-refractivity contribution is 5.75. The van der Waals surface area contributed by atoms with Crippen molar-refractivity contribution in [1.82, 2.24) is 15.5 Å². The molecular formula is C23H42N4O2. The van der Waals surface area contributed by atoms with Gasteiger partial charge in [0.15, 0.2) is 13.1 Å². The van der Waals surface area contributed by atoms with Crippen molar-refractivity contribution in [3.05, 3.63) is 0 Å². The Balaban J connectivity index is 1.82. The smallest absolute Gasteiger partial charge is 0.217 e. The van der Waals surface area contributed by atoms with Gasteiger partial charge in [-0.05, 0) is 13.0 Å². The predicted octanol–water partition coefficient (Wildman–Crippen LogP) is 1.20. The minimum atomic E-state index is -1.07. The predicted molar refractivity (Wildman–Crippen MR) is 118 cm³/mol. The van der Waals surface area contributed by atoms with Crippen LogP contribution in [-0.4, -0.2) is 74.0 Å². The normalized spacial score (nSPS) is 13.6. The molecular weight excluding hydrogens is 364 g/mol. The van der Waals surface area contributed by atoms with Crippen LogP contribution >= 0.6 is 0 Å². The van der Waals surface area contributed by atoms with Gasteiger partial charge in [0, 0.05) is 38.1 Å². The number of hydrogen-bond acceptors (Lipinski definition) is 5. The zero-order valence-electron chi connectivity index (χ0n) is 18.5. The molecule has 1 rings (SSSR count). The molecule has 6 nitrogen and oxygen atoms in total. The first kappa shape index (κ1) is 25.5. The minimum absolute atomic E-state index is 0.0918. The number of nitrogens with one attached hydrogen (secondary N) is 2. The molecule has 2 N–H and O–H groups in total. The number of hydrogen-bond donors (Lipinski definition) is 2. The molecule has 0 unspecified atom stereocenters. The summed E-state index contributed by atoms with van der Waals surface area (Å²) in [5.74, 6) is 1.84. The molecule has 1 aliphatic heterocycles. The van der Waals surface area contributed by atoms with Crippen LogP contribution < -0.4 is 15.7 Å². The zero-order chi connectivity index (χ0) is 21.0. The number of carboxylic acids is 1. The molecule has 29 heavy (non-hydrogen) atoms. The van der Waals surface area contributed by atoms with Crippen molar-refractivity contribution < 1.29 is 14.5 Å². The summed E-state index contributed by atoms with van der Waals surface area (Å²) in [4.78, 5) is 12.7. The molecule has 0 atom stereocenters. The van der Waals surface area contributed by atoms with E-state index in [4.69, 9.17) is 0 Å². The van der Waals surface area contributed by atoms with Crippen LogP contribution in [0.3, 0.4) is 0 Å². The lowest BCUT2D eigenvalue weighted by atomic mass is 10.1. The Hall–Kier alpha value is -1.58. The number of carboxylic acid groups (broad SMARTS) is 1. The molecule has 166 valence electrons. The van der Waals surface area contributed by atoms with Gasteiger partial charge < -0.3 is 25.4 Å². The van der Waals surface area contributed by atoms with Crippen molar-refractivity contribution >= 4 is 12.2 Å². The van der Waals surface area contributed by atoms with E-state index in [1.54, 1.807) is 10.8 Å². The van der Waals surface area contributed by atoms with Crippen molar-refractivity contribution in [3.8, 4) is 12.0 Å². The molecule has 0 saturated heterocycles. The van der Waals surface area contributed by atoms with Crippen molar-refractivity contribution in [1.29, 1.82) is 0 Å². The van der Waals surface area contributed by atoms with Crippen LogP contribution in [0.25, 0.3) is 0 Å². The molecule has 0 aromatic heterocycles. The molecule has 0 aliphatic carbocycles. The van der Waals surface area contributed by atoms with Gasteiger partial charge in [0.1, 0.15) is 5.97 Å². The molecule has 0 spiro atoms. The Morgan fingerprint density at radius 2 is 1.59 bits per heavy atom. The lowest BCUT2D eigenvalue weighted by molar-refractivity contribution is -0.522. The molecule has 1 aliphatic rings. The van der Waals surface area contributed by atoms with Gasteiger partial charge in [-0.25, -0.2) is 4.58 Å². The van der Waals surface area contributed by atoms with E-state index >= 15 is 0 Å². The van der Waals surface area contributed by atoms with Crippen LogP contribution in [0.2, 0.25) is 0 Å². The van der Waals surface area contributed by atoms with Gasteiger partial charge in [-0.3, -0.25) is 0 Å². The molecule has 0 radical (unpaired) electrons. The quantitative estimate of drug-likeness (QED) is 0.192. The van der Waals surface area contributed by atoms with Gasteiger partial charge in [0.05, 0.1) is 6.54 Å². The number of carbonyl (C=O) groups excluding carboxylic acids is 1. The first-order chi connectivity index (χ1) is 14.2. The summed E-state index contributed by atoms with van der Waals surface area (Å²) in [7, 11) is 0. The van der Waals surface area contributed by atoms with Gasteiger partial charge in [0.2, 0.25) is 6.21 Å². The fourth-order valence-electron chi connectivity index (χ4n) is 3.42. The molecule has 1 heterocycles. The summed E-state index contributed by atoms with van der Waals surface area (Å²) < 4.78 is 1.69. The van der Waals surface area contributed by atoms with E-state index in [0.717, 1.165) is 39.3 Å². The third kappa shape index (κ3) is 16.0. The SMILES string of the molecule is CCCCCCCCCCCCNCCNCCN1C#CC=[N+](CC(=O)[O-])CC1. The molecule has 0 fully saturated rings. The molecule has 0 amide bonds. The fourth-order valence-corrected chi connectivity index (χ4v) is 3.42. The number of unbranched alkanes of at least 4 members (excludes halogenated alkanes) is 9. The Kier molecular flexibility index (Phi) is 16.2. The highest BCUT2D eigenvalue weighted by Crippen LogP contribution is 2.10. The molecule has 0 aromatic carbocycles. The second-order valence-corrected chi connectivity index (χ2v) is 7.90. The number of nitrogens with zero attached hydrogens (tertiary/aromatic N) is 2. The first-order valence-corrected chi connectivity index (χ1v) is 11.7. The van der Waals surface area contributed by atoms with Crippen molar-refractivity contribution in [2.45, 2.75) is 71.1 Å². The summed E-state index contributed by atoms with van der Waals surface area (Å²) in [6.07, 6.45) is 15.4. The summed E-state index contributed by atoms with van der Waals surface area (Å²) >= 11 is 0. The number of aliphatic carboxylic acids is 1. The third-order valence-electron chi connectivity index (χ3n) is 5.20. The van der Waals surface area contributed by atoms with Gasteiger partial charge in [-0.15, -0.1) is 0 Å². The Morgan fingerprint density at radius 1 is 0.966 bits per heavy atom. The first-order valence-electron chi connectivity index (χ1n) is 11.7. The van der Waals surface area contributed by atoms with E-state index < -0.39 is 5.97 Å². The van der Waals surface area contributed by atoms with Crippen LogP contribution in [0.1, 0.15) is 71.1 Å². The van der Waals surface area contributed by atoms with Crippen LogP contribution in [0, 0.1) is 12.0 Å². The van der Waals surface area contributed by atoms with E-state index in [9.17, 15) is 9.90 Å². The van der Waals surface area contributed by atoms with E-state index in [-0.39, 0.29) is 6.54 Å². The standard InChI is InChI=1S/C23H42N4O2/c1-2-3-4-5-6-7-8-9-10-11-13-24-14-15-25-16-19-26-17-12-18-27(21-20-26)22-23(28)29/h18,24-25H,2-11,13-16,19-22H2,1H3. The van der Waals surface area contributed by atoms with E-state index in [0.29, 0.717) is 6.54 Å². The lowest BCUT2D eigenvalue weighted by Gasteiger charge is -2.16. The largest absolute Gasteiger partial charge is 0.544 e. The van der Waals surface area contributed by atoms with Crippen molar-refractivity contribution in [3.63, 3.8) is 0 Å². The number of carbonyl (C=O) groups is 1. The molecule has 6 heteroatoms. The highest BCUT2D eigenvalue weighted by atomic mass is 16.4. The summed E-state index contributed by atoms with van der Waals surface area (Å²) in [6.45, 7) is 8.37. The van der Waals surface area contributed by atoms with E-state index in [1.165, 1.54) is 64.2 Å². The molecule has 0 bridgehead atoms. The van der Waals surface area contributed by atoms with Gasteiger partial charge in [0.25, 0.3) is 0 Å². The average Bonchev–Trinajstić information content (AvgIpc) is 2.92. The zero-order valence-corrected chi connectivity index (χ0v) is 18.5. The van der Waals surface area contributed by atoms with Crippen molar-refractivity contribution in [2.75, 3.05) is 52.4 Å². The summed E-state index contributed by atoms with van der Waals surface area (Å²) in [5, 5.41) is 17.6. The summed E-state index contributed by atoms with van der Waals surface area (Å²) in [5.41, 5.74) is 0. The molecule has 0 saturated carbocycles. The van der Waals surface area contributed by atoms with Crippen LogP contribution in [0.15, 0.2) is 0 Å². The lowest BCUT2D eigenvalue weighted by Crippen LogP contribution is -2.37. The second-order valence-electron chi connectivity index (χ2n) is 7.90. The third-order valence-corrected chi connectivity index (χ3v) is 5.20. The Morgan fingerprint density at radius 3 is 2.24 bits per heavy atom. The van der Waals surface area contributed by atoms with E-state index in [1.807, 2.05) is 4.90 Å². The van der Waals surface area contributed by atoms with Crippen LogP contribution in [0.5, 0.6) is 0 Å². The minimum Gasteiger partial charge on any atom is -0.544 e. The van der Waals surface area contributed by atoms with E-state index in [2.05, 4.69) is 29.5 Å². The van der Waals surface area contributed by atoms with Gasteiger partial charge >= 0.3 is 0 Å². The average molecular weight is 407 g/mol. The van der Waals surface area contributed by atoms with Crippen LogP contribution in [0.4, 0.5) is 0 Å². The number of rotatable bonds is 19. The van der Waals surface area contributed by atoms with Gasteiger partial charge in [-0.1, -0.05) is 64.7 Å². The second kappa shape index (κ2) is 18.4. The highest BCUT2D eigenvalue weighted by Gasteiger charge is 2.10.